The molecule has 1 N–H and O–H groups in total. The van der Waals surface area contributed by atoms with E-state index in [9.17, 15) is 5.11 Å². The summed E-state index contributed by atoms with van der Waals surface area (Å²) in [7, 11) is 0. The molecule has 0 aromatic heterocycles. The second-order valence-electron chi connectivity index (χ2n) is 6.22. The van der Waals surface area contributed by atoms with E-state index in [-0.39, 0.29) is 5.75 Å². The number of hydrogen-bond donors (Lipinski definition) is 1. The lowest BCUT2D eigenvalue weighted by Crippen LogP contribution is -1.95. The van der Waals surface area contributed by atoms with Crippen LogP contribution < -0.4 is 4.74 Å². The van der Waals surface area contributed by atoms with Crippen LogP contribution in [-0.2, 0) is 0 Å². The first-order chi connectivity index (χ1) is 13.7. The summed E-state index contributed by atoms with van der Waals surface area (Å²) >= 11 is 0. The minimum Gasteiger partial charge on any atom is -0.506 e. The average Bonchev–Trinajstić information content (AvgIpc) is 2.73. The first kappa shape index (κ1) is 19.2. The minimum atomic E-state index is 0.0446. The van der Waals surface area contributed by atoms with Crippen LogP contribution in [0, 0.1) is 11.8 Å². The number of nitrogens with zero attached hydrogens (tertiary/aromatic N) is 2. The first-order valence-electron chi connectivity index (χ1n) is 9.29. The van der Waals surface area contributed by atoms with Crippen molar-refractivity contribution in [3.63, 3.8) is 0 Å². The van der Waals surface area contributed by atoms with Crippen molar-refractivity contribution < 1.29 is 9.84 Å². The van der Waals surface area contributed by atoms with E-state index in [0.29, 0.717) is 23.5 Å². The van der Waals surface area contributed by atoms with Gasteiger partial charge in [0, 0.05) is 11.1 Å². The molecule has 0 saturated carbocycles. The van der Waals surface area contributed by atoms with Gasteiger partial charge < -0.3 is 9.84 Å². The van der Waals surface area contributed by atoms with Crippen molar-refractivity contribution in [1.82, 2.24) is 0 Å². The number of benzene rings is 3. The fraction of sp³-hybridized carbons (Fsp3) is 0.167. The minimum absolute atomic E-state index is 0.0446. The molecule has 0 spiro atoms. The standard InChI is InChI=1S/C24H22N2O2/c1-2-3-17-28-22-14-12-21(13-15-22)25-26-23-16-11-20(18-24(23)27)10-9-19-7-5-4-6-8-19/h4-8,11-16,18,27H,2-3,17H2,1H3. The molecule has 0 aliphatic heterocycles. The van der Waals surface area contributed by atoms with Gasteiger partial charge in [-0.15, -0.1) is 5.11 Å². The molecule has 4 nitrogen and oxygen atoms in total. The summed E-state index contributed by atoms with van der Waals surface area (Å²) in [5.74, 6) is 6.96. The smallest absolute Gasteiger partial charge is 0.144 e. The third-order valence-electron chi connectivity index (χ3n) is 3.98. The van der Waals surface area contributed by atoms with Crippen LogP contribution in [0.4, 0.5) is 11.4 Å². The van der Waals surface area contributed by atoms with Gasteiger partial charge in [-0.3, -0.25) is 0 Å². The molecule has 0 amide bonds. The van der Waals surface area contributed by atoms with Crippen LogP contribution in [0.25, 0.3) is 0 Å². The van der Waals surface area contributed by atoms with Gasteiger partial charge in [0.15, 0.2) is 0 Å². The molecule has 0 unspecified atom stereocenters. The summed E-state index contributed by atoms with van der Waals surface area (Å²) < 4.78 is 5.63. The molecule has 0 aliphatic carbocycles. The van der Waals surface area contributed by atoms with Gasteiger partial charge in [0.1, 0.15) is 17.2 Å². The van der Waals surface area contributed by atoms with Crippen molar-refractivity contribution in [1.29, 1.82) is 0 Å². The van der Waals surface area contributed by atoms with Crippen LogP contribution in [0.5, 0.6) is 11.5 Å². The zero-order valence-electron chi connectivity index (χ0n) is 15.8. The van der Waals surface area contributed by atoms with Crippen LogP contribution >= 0.6 is 0 Å². The fourth-order valence-corrected chi connectivity index (χ4v) is 2.41. The molecule has 28 heavy (non-hydrogen) atoms. The summed E-state index contributed by atoms with van der Waals surface area (Å²) in [4.78, 5) is 0. The molecule has 0 aliphatic rings. The second-order valence-corrected chi connectivity index (χ2v) is 6.22. The van der Waals surface area contributed by atoms with Crippen molar-refractivity contribution in [2.45, 2.75) is 19.8 Å². The summed E-state index contributed by atoms with van der Waals surface area (Å²) in [6.45, 7) is 2.84. The third kappa shape index (κ3) is 5.72. The topological polar surface area (TPSA) is 54.2 Å². The summed E-state index contributed by atoms with van der Waals surface area (Å²) in [6.07, 6.45) is 2.14. The maximum Gasteiger partial charge on any atom is 0.144 e. The number of unbranched alkanes of at least 4 members (excludes halogenated alkanes) is 1. The predicted molar refractivity (Wildman–Crippen MR) is 112 cm³/mol. The highest BCUT2D eigenvalue weighted by Gasteiger charge is 2.01. The maximum absolute atomic E-state index is 10.2. The van der Waals surface area contributed by atoms with Crippen molar-refractivity contribution in [2.24, 2.45) is 10.2 Å². The molecule has 140 valence electrons. The lowest BCUT2D eigenvalue weighted by molar-refractivity contribution is 0.309. The van der Waals surface area contributed by atoms with Gasteiger partial charge >= 0.3 is 0 Å². The third-order valence-corrected chi connectivity index (χ3v) is 3.98. The molecule has 4 heteroatoms. The van der Waals surface area contributed by atoms with Gasteiger partial charge in [0.25, 0.3) is 0 Å². The predicted octanol–water partition coefficient (Wildman–Crippen LogP) is 6.39. The normalized spacial score (nSPS) is 10.5. The van der Waals surface area contributed by atoms with Gasteiger partial charge in [-0.1, -0.05) is 43.4 Å². The monoisotopic (exact) mass is 370 g/mol. The highest BCUT2D eigenvalue weighted by atomic mass is 16.5. The maximum atomic E-state index is 10.2. The fourth-order valence-electron chi connectivity index (χ4n) is 2.41. The van der Waals surface area contributed by atoms with Crippen molar-refractivity contribution in [3.05, 3.63) is 83.9 Å². The number of azo groups is 1. The molecule has 0 atom stereocenters. The highest BCUT2D eigenvalue weighted by molar-refractivity contribution is 5.56. The van der Waals surface area contributed by atoms with Crippen molar-refractivity contribution in [3.8, 4) is 23.3 Å². The van der Waals surface area contributed by atoms with Crippen LogP contribution in [0.3, 0.4) is 0 Å². The summed E-state index contributed by atoms with van der Waals surface area (Å²) in [5, 5.41) is 18.5. The van der Waals surface area contributed by atoms with E-state index < -0.39 is 0 Å². The van der Waals surface area contributed by atoms with E-state index in [0.717, 1.165) is 24.2 Å². The molecule has 3 aromatic carbocycles. The van der Waals surface area contributed by atoms with E-state index in [1.54, 1.807) is 12.1 Å². The van der Waals surface area contributed by atoms with Crippen molar-refractivity contribution >= 4 is 11.4 Å². The van der Waals surface area contributed by atoms with E-state index in [4.69, 9.17) is 4.74 Å². The van der Waals surface area contributed by atoms with Crippen LogP contribution in [-0.4, -0.2) is 11.7 Å². The Bertz CT molecular complexity index is 985. The SMILES string of the molecule is CCCCOc1ccc(N=Nc2ccc(C#Cc3ccccc3)cc2O)cc1. The Morgan fingerprint density at radius 1 is 0.857 bits per heavy atom. The molecule has 0 bridgehead atoms. The first-order valence-corrected chi connectivity index (χ1v) is 9.29. The summed E-state index contributed by atoms with van der Waals surface area (Å²) in [5.41, 5.74) is 2.73. The number of aromatic hydroxyl groups is 1. The Hall–Kier alpha value is -3.58. The number of phenolic OH excluding ortho intramolecular Hbond substituents is 1. The number of ether oxygens (including phenoxy) is 1. The van der Waals surface area contributed by atoms with Crippen LogP contribution in [0.1, 0.15) is 30.9 Å². The van der Waals surface area contributed by atoms with Gasteiger partial charge in [-0.2, -0.15) is 5.11 Å². The van der Waals surface area contributed by atoms with Gasteiger partial charge in [-0.25, -0.2) is 0 Å². The summed E-state index contributed by atoms with van der Waals surface area (Å²) in [6, 6.07) is 22.2. The van der Waals surface area contributed by atoms with Crippen LogP contribution in [0.2, 0.25) is 0 Å². The Labute approximate surface area is 165 Å². The van der Waals surface area contributed by atoms with E-state index in [1.807, 2.05) is 60.7 Å². The largest absolute Gasteiger partial charge is 0.506 e. The lowest BCUT2D eigenvalue weighted by atomic mass is 10.1. The molecule has 0 heterocycles. The average molecular weight is 370 g/mol. The number of phenols is 1. The highest BCUT2D eigenvalue weighted by Crippen LogP contribution is 2.29. The molecular formula is C24H22N2O2. The van der Waals surface area contributed by atoms with Crippen molar-refractivity contribution in [2.75, 3.05) is 6.61 Å². The zero-order valence-corrected chi connectivity index (χ0v) is 15.8. The molecule has 0 radical (unpaired) electrons. The molecule has 3 rings (SSSR count). The van der Waals surface area contributed by atoms with E-state index >= 15 is 0 Å². The Morgan fingerprint density at radius 2 is 1.61 bits per heavy atom. The lowest BCUT2D eigenvalue weighted by Gasteiger charge is -2.04. The Balaban J connectivity index is 1.65. The van der Waals surface area contributed by atoms with E-state index in [1.165, 1.54) is 0 Å². The quantitative estimate of drug-likeness (QED) is 0.311. The van der Waals surface area contributed by atoms with Gasteiger partial charge in [-0.05, 0) is 61.0 Å². The van der Waals surface area contributed by atoms with E-state index in [2.05, 4.69) is 29.0 Å². The second kappa shape index (κ2) is 9.94. The number of rotatable bonds is 6. The van der Waals surface area contributed by atoms with Gasteiger partial charge in [0.2, 0.25) is 0 Å². The molecule has 0 saturated heterocycles. The zero-order chi connectivity index (χ0) is 19.6. The van der Waals surface area contributed by atoms with Crippen LogP contribution in [0.15, 0.2) is 83.0 Å². The van der Waals surface area contributed by atoms with Gasteiger partial charge in [0.05, 0.1) is 12.3 Å². The Kier molecular flexibility index (Phi) is 6.81. The Morgan fingerprint density at radius 3 is 2.32 bits per heavy atom. The number of hydrogen-bond acceptors (Lipinski definition) is 4. The molecule has 3 aromatic rings. The molecule has 0 fully saturated rings. The molecular weight excluding hydrogens is 348 g/mol.